The molecule has 1 aliphatic heterocycles. The number of aromatic amines is 1. The number of hydrogen-bond donors (Lipinski definition) is 21. The topological polar surface area (TPSA) is 598 Å². The first kappa shape index (κ1) is 74.7. The number of rotatable bonds is 43. The van der Waals surface area contributed by atoms with Crippen LogP contribution in [-0.2, 0) is 54.4 Å². The van der Waals surface area contributed by atoms with E-state index in [0.29, 0.717) is 89.7 Å². The van der Waals surface area contributed by atoms with E-state index < -0.39 is 139 Å². The maximum atomic E-state index is 14.4. The lowest BCUT2D eigenvalue weighted by Gasteiger charge is -2.29. The van der Waals surface area contributed by atoms with Gasteiger partial charge in [-0.05, 0) is 117 Å². The van der Waals surface area contributed by atoms with Crippen LogP contribution >= 0.6 is 0 Å². The molecule has 10 atom stereocenters. The van der Waals surface area contributed by atoms with E-state index in [1.165, 1.54) is 30.4 Å². The van der Waals surface area contributed by atoms with Gasteiger partial charge in [-0.3, -0.25) is 52.9 Å². The molecule has 0 spiro atoms. The first-order chi connectivity index (χ1) is 41.1. The van der Waals surface area contributed by atoms with Crippen LogP contribution in [0, 0.1) is 0 Å². The summed E-state index contributed by atoms with van der Waals surface area (Å²) in [4.78, 5) is 149. The summed E-state index contributed by atoms with van der Waals surface area (Å²) in [5, 5.41) is 43.9. The Morgan fingerprint density at radius 3 is 1.85 bits per heavy atom. The standard InChI is InChI=1S/C52H96N22O12/c1-30(67-40(77)28-65-49(84)41(38(75)25-57)73-50(85)42(39(76)26-58)72-43(78)32(59)12-2-5-17-53)51(86)74-23-11-16-37(74)48(83)71-36(24-31-27-62-29-66-31)47(82)70-34(14-4-7-19-55)45(80)69-35(15-10-22-64-52(60)61)46(81)68-33(13-3-6-18-54)44(79)63-21-9-8-20-56/h15,27,29-30,32-34,36-39,41-42,75-76H,2-14,16-26,28,53-59H2,1H3,(H,62,66)(H,63,79)(H,65,84)(H,67,77)(H,68,81)(H,69,80)(H,70,82)(H,71,83)(H,72,78)(H,73,85)(H4,60,61,64)/b35-15-/t30-,32+,33+,34+,36+,37+,38+,39+,41+,42+/m1/s1. The third kappa shape index (κ3) is 27.3. The van der Waals surface area contributed by atoms with E-state index in [4.69, 9.17) is 51.6 Å². The second kappa shape index (κ2) is 41.6. The molecule has 34 nitrogen and oxygen atoms in total. The molecule has 10 amide bonds. The minimum Gasteiger partial charge on any atom is -0.389 e. The van der Waals surface area contributed by atoms with Crippen molar-refractivity contribution in [3.05, 3.63) is 30.0 Å². The molecule has 1 aliphatic rings. The van der Waals surface area contributed by atoms with Crippen molar-refractivity contribution in [1.82, 2.24) is 62.7 Å². The highest BCUT2D eigenvalue weighted by molar-refractivity contribution is 6.02. The highest BCUT2D eigenvalue weighted by Gasteiger charge is 2.40. The van der Waals surface area contributed by atoms with Gasteiger partial charge in [0.05, 0.1) is 31.1 Å². The zero-order chi connectivity index (χ0) is 64.1. The normalized spacial score (nSPS) is 16.3. The lowest BCUT2D eigenvalue weighted by molar-refractivity contribution is -0.142. The summed E-state index contributed by atoms with van der Waals surface area (Å²) in [7, 11) is 0. The predicted octanol–water partition coefficient (Wildman–Crippen LogP) is -9.14. The number of carbonyl (C=O) groups is 10. The number of aliphatic hydroxyl groups excluding tert-OH is 2. The molecule has 1 aromatic rings. The fourth-order valence-corrected chi connectivity index (χ4v) is 8.82. The Kier molecular flexibility index (Phi) is 36.1. The number of likely N-dealkylation sites (tertiary alicyclic amines) is 1. The van der Waals surface area contributed by atoms with Crippen molar-refractivity contribution in [1.29, 1.82) is 0 Å². The molecule has 0 saturated carbocycles. The molecule has 86 heavy (non-hydrogen) atoms. The molecule has 34 heteroatoms. The molecule has 0 aromatic carbocycles. The lowest BCUT2D eigenvalue weighted by atomic mass is 10.1. The maximum Gasteiger partial charge on any atom is 0.268 e. The van der Waals surface area contributed by atoms with Crippen LogP contribution < -0.4 is 99.5 Å². The number of H-pyrrole nitrogens is 1. The van der Waals surface area contributed by atoms with E-state index in [9.17, 15) is 58.2 Å². The summed E-state index contributed by atoms with van der Waals surface area (Å²) in [6.45, 7) is 1.27. The minimum atomic E-state index is -1.82. The lowest BCUT2D eigenvalue weighted by Crippen LogP contribution is -2.63. The van der Waals surface area contributed by atoms with Gasteiger partial charge in [-0.15, -0.1) is 0 Å². The van der Waals surface area contributed by atoms with E-state index in [-0.39, 0.29) is 69.8 Å². The summed E-state index contributed by atoms with van der Waals surface area (Å²) in [6, 6.07) is -10.8. The van der Waals surface area contributed by atoms with E-state index in [1.807, 2.05) is 0 Å². The number of amides is 10. The van der Waals surface area contributed by atoms with Gasteiger partial charge in [0.25, 0.3) is 5.91 Å². The van der Waals surface area contributed by atoms with Crippen LogP contribution in [0.4, 0.5) is 0 Å². The minimum absolute atomic E-state index is 0.0224. The average molecular weight is 1220 g/mol. The summed E-state index contributed by atoms with van der Waals surface area (Å²) < 4.78 is 0. The molecular formula is C52H96N22O12. The Morgan fingerprint density at radius 1 is 0.686 bits per heavy atom. The number of unbranched alkanes of at least 4 members (excludes halogenated alkanes) is 4. The second-order valence-electron chi connectivity index (χ2n) is 20.7. The van der Waals surface area contributed by atoms with Gasteiger partial charge < -0.3 is 120 Å². The molecule has 486 valence electrons. The number of hydrogen-bond acceptors (Lipinski definition) is 21. The highest BCUT2D eigenvalue weighted by Crippen LogP contribution is 2.20. The molecule has 0 unspecified atom stereocenters. The third-order valence-corrected chi connectivity index (χ3v) is 13.7. The van der Waals surface area contributed by atoms with Gasteiger partial charge in [-0.1, -0.05) is 12.5 Å². The van der Waals surface area contributed by atoms with Crippen molar-refractivity contribution in [3.8, 4) is 0 Å². The molecule has 2 rings (SSSR count). The number of carbonyl (C=O) groups excluding carboxylic acids is 10. The average Bonchev–Trinajstić information content (AvgIpc) is 3.11. The van der Waals surface area contributed by atoms with Gasteiger partial charge in [0.15, 0.2) is 5.96 Å². The van der Waals surface area contributed by atoms with Crippen molar-refractivity contribution in [2.24, 2.45) is 56.6 Å². The van der Waals surface area contributed by atoms with Crippen LogP contribution in [0.15, 0.2) is 29.3 Å². The van der Waals surface area contributed by atoms with Gasteiger partial charge in [0.1, 0.15) is 48.0 Å². The molecular weight excluding hydrogens is 1120 g/mol. The number of aliphatic hydroxyl groups is 2. The van der Waals surface area contributed by atoms with Crippen molar-refractivity contribution < 1.29 is 58.2 Å². The van der Waals surface area contributed by atoms with Crippen molar-refractivity contribution in [2.75, 3.05) is 65.4 Å². The van der Waals surface area contributed by atoms with Gasteiger partial charge in [-0.25, -0.2) is 4.98 Å². The molecule has 0 aliphatic carbocycles. The van der Waals surface area contributed by atoms with Crippen molar-refractivity contribution >= 4 is 65.0 Å². The zero-order valence-corrected chi connectivity index (χ0v) is 49.2. The number of nitrogens with one attached hydrogen (secondary N) is 10. The molecule has 30 N–H and O–H groups in total. The zero-order valence-electron chi connectivity index (χ0n) is 49.2. The fourth-order valence-electron chi connectivity index (χ4n) is 8.82. The van der Waals surface area contributed by atoms with Crippen LogP contribution in [0.3, 0.4) is 0 Å². The molecule has 1 fully saturated rings. The Labute approximate surface area is 500 Å². The first-order valence-electron chi connectivity index (χ1n) is 29.1. The van der Waals surface area contributed by atoms with E-state index in [2.05, 4.69) is 62.8 Å². The summed E-state index contributed by atoms with van der Waals surface area (Å²) in [5.41, 5.74) is 50.9. The molecule has 1 aromatic heterocycles. The van der Waals surface area contributed by atoms with Crippen LogP contribution in [-0.4, -0.2) is 216 Å². The van der Waals surface area contributed by atoms with Gasteiger partial charge >= 0.3 is 0 Å². The quantitative estimate of drug-likeness (QED) is 0.0125. The number of nitrogens with zero attached hydrogens (tertiary/aromatic N) is 3. The van der Waals surface area contributed by atoms with E-state index in [0.717, 1.165) is 0 Å². The van der Waals surface area contributed by atoms with Crippen LogP contribution in [0.1, 0.15) is 103 Å². The van der Waals surface area contributed by atoms with Crippen LogP contribution in [0.2, 0.25) is 0 Å². The molecule has 2 heterocycles. The van der Waals surface area contributed by atoms with Gasteiger partial charge in [0.2, 0.25) is 53.2 Å². The predicted molar refractivity (Wildman–Crippen MR) is 317 cm³/mol. The number of imidazole rings is 1. The smallest absolute Gasteiger partial charge is 0.268 e. The SMILES string of the molecule is C[C@@H](NC(=O)CNC(=O)[C@@H](NC(=O)[C@@H](NC(=O)[C@@H](N)CCCCN)[C@@H](O)CN)[C@@H](O)CN)C(=O)N1CCC[C@H]1C(=O)N[C@@H](Cc1cnc[nH]1)C(=O)N[C@@H](CCCCN)C(=O)N/C(=C\CCN=C(N)N)C(=O)N[C@@H](CCCCN)C(=O)NCCCCN. The number of guanidine groups is 1. The third-order valence-electron chi connectivity index (χ3n) is 13.7. The molecule has 0 bridgehead atoms. The molecule has 0 radical (unpaired) electrons. The Hall–Kier alpha value is -7.44. The summed E-state index contributed by atoms with van der Waals surface area (Å²) in [5.74, 6) is -8.58. The first-order valence-corrected chi connectivity index (χ1v) is 29.1. The Bertz CT molecular complexity index is 2360. The van der Waals surface area contributed by atoms with Gasteiger partial charge in [0, 0.05) is 51.0 Å². The maximum absolute atomic E-state index is 14.4. The highest BCUT2D eigenvalue weighted by atomic mass is 16.3. The van der Waals surface area contributed by atoms with Crippen molar-refractivity contribution in [3.63, 3.8) is 0 Å². The van der Waals surface area contributed by atoms with E-state index in [1.54, 1.807) is 0 Å². The number of nitrogens with two attached hydrogens (primary N) is 9. The fraction of sp³-hybridized carbons (Fsp3) is 0.692. The monoisotopic (exact) mass is 1220 g/mol. The summed E-state index contributed by atoms with van der Waals surface area (Å²) >= 11 is 0. The summed E-state index contributed by atoms with van der Waals surface area (Å²) in [6.07, 6.45) is 5.80. The van der Waals surface area contributed by atoms with Crippen molar-refractivity contribution in [2.45, 2.75) is 164 Å². The largest absolute Gasteiger partial charge is 0.389 e. The number of aliphatic imine (C=N–C) groups is 1. The number of aromatic nitrogens is 2. The Morgan fingerprint density at radius 2 is 1.27 bits per heavy atom. The molecule has 1 saturated heterocycles. The Balaban J connectivity index is 2.30. The van der Waals surface area contributed by atoms with Crippen LogP contribution in [0.5, 0.6) is 0 Å². The van der Waals surface area contributed by atoms with Crippen LogP contribution in [0.25, 0.3) is 0 Å². The van der Waals surface area contributed by atoms with Gasteiger partial charge in [-0.2, -0.15) is 0 Å². The van der Waals surface area contributed by atoms with E-state index >= 15 is 0 Å². The second-order valence-corrected chi connectivity index (χ2v) is 20.7.